The number of Topliss-reactive ketones (excluding diaryl/α,β-unsaturated/α-hetero) is 1. The van der Waals surface area contributed by atoms with E-state index in [1.54, 1.807) is 0 Å². The lowest BCUT2D eigenvalue weighted by Crippen LogP contribution is -2.41. The summed E-state index contributed by atoms with van der Waals surface area (Å²) < 4.78 is 34.6. The minimum absolute atomic E-state index is 0.0260. The first-order valence-electron chi connectivity index (χ1n) is 17.4. The van der Waals surface area contributed by atoms with E-state index in [0.29, 0.717) is 13.0 Å². The van der Waals surface area contributed by atoms with Crippen LogP contribution in [0.15, 0.2) is 0 Å². The Hall–Kier alpha value is -0.830. The molecule has 0 saturated carbocycles. The average Bonchev–Trinajstić information content (AvgIpc) is 3.39. The van der Waals surface area contributed by atoms with Crippen molar-refractivity contribution in [3.63, 3.8) is 0 Å². The summed E-state index contributed by atoms with van der Waals surface area (Å²) in [5, 5.41) is 0. The molecule has 43 heavy (non-hydrogen) atoms. The number of nitrogens with zero attached hydrogens (tertiary/aromatic N) is 1. The van der Waals surface area contributed by atoms with Gasteiger partial charge in [0.15, 0.2) is 0 Å². The second-order valence-electron chi connectivity index (χ2n) is 12.8. The van der Waals surface area contributed by atoms with Crippen LogP contribution >= 0.6 is 7.82 Å². The second kappa shape index (κ2) is 25.4. The Kier molecular flexibility index (Phi) is 23.7. The van der Waals surface area contributed by atoms with E-state index in [0.717, 1.165) is 37.0 Å². The molecule has 10 heteroatoms. The van der Waals surface area contributed by atoms with E-state index in [4.69, 9.17) is 18.5 Å². The molecule has 0 bridgehead atoms. The number of hydrogen-bond donors (Lipinski definition) is 1. The number of carbonyl (C=O) groups excluding carboxylic acids is 2. The van der Waals surface area contributed by atoms with Gasteiger partial charge in [0.05, 0.1) is 46.5 Å². The number of rotatable bonds is 30. The lowest BCUT2D eigenvalue weighted by Gasteiger charge is -2.29. The molecular weight excluding hydrogens is 569 g/mol. The zero-order valence-electron chi connectivity index (χ0n) is 27.9. The molecule has 1 fully saturated rings. The van der Waals surface area contributed by atoms with Gasteiger partial charge in [0.1, 0.15) is 18.3 Å². The van der Waals surface area contributed by atoms with Crippen molar-refractivity contribution < 1.29 is 42.1 Å². The van der Waals surface area contributed by atoms with E-state index in [-0.39, 0.29) is 32.0 Å². The summed E-state index contributed by atoms with van der Waals surface area (Å²) in [5.74, 6) is -1.02. The summed E-state index contributed by atoms with van der Waals surface area (Å²) in [4.78, 5) is 33.4. The highest BCUT2D eigenvalue weighted by Gasteiger charge is 2.28. The van der Waals surface area contributed by atoms with Crippen molar-refractivity contribution in [3.05, 3.63) is 0 Å². The minimum atomic E-state index is -4.30. The van der Waals surface area contributed by atoms with Crippen LogP contribution in [-0.4, -0.2) is 80.3 Å². The summed E-state index contributed by atoms with van der Waals surface area (Å²) in [7, 11) is -2.10. The Morgan fingerprint density at radius 3 is 1.77 bits per heavy atom. The molecule has 2 atom stereocenters. The molecule has 1 heterocycles. The number of carbonyl (C=O) groups is 2. The van der Waals surface area contributed by atoms with E-state index < -0.39 is 19.9 Å². The Morgan fingerprint density at radius 1 is 0.744 bits per heavy atom. The molecule has 0 aromatic carbocycles. The topological polar surface area (TPSA) is 108 Å². The van der Waals surface area contributed by atoms with Gasteiger partial charge in [0.25, 0.3) is 0 Å². The van der Waals surface area contributed by atoms with Gasteiger partial charge in [-0.25, -0.2) is 4.57 Å². The molecule has 0 spiro atoms. The Balaban J connectivity index is 2.13. The van der Waals surface area contributed by atoms with Gasteiger partial charge in [-0.05, 0) is 13.3 Å². The highest BCUT2D eigenvalue weighted by molar-refractivity contribution is 7.47. The van der Waals surface area contributed by atoms with Crippen molar-refractivity contribution in [3.8, 4) is 0 Å². The standard InChI is InChI=1S/C33H64NO8P/c1-4-5-6-7-8-9-10-11-12-13-14-15-16-17-18-21-26-39-29-32(42-33(36)28-31(2)35)30-41-43(37,38)40-27-22-25-34(3)23-19-20-24-34/h32H,4-30H2,1-3H3/p+1. The first kappa shape index (κ1) is 40.2. The van der Waals surface area contributed by atoms with E-state index in [9.17, 15) is 19.0 Å². The summed E-state index contributed by atoms with van der Waals surface area (Å²) in [6, 6.07) is 0. The molecule has 1 saturated heterocycles. The van der Waals surface area contributed by atoms with E-state index in [2.05, 4.69) is 14.0 Å². The monoisotopic (exact) mass is 634 g/mol. The van der Waals surface area contributed by atoms with E-state index in [1.807, 2.05) is 0 Å². The summed E-state index contributed by atoms with van der Waals surface area (Å²) >= 11 is 0. The third-order valence-corrected chi connectivity index (χ3v) is 9.29. The fourth-order valence-electron chi connectivity index (χ4n) is 5.68. The number of likely N-dealkylation sites (tertiary alicyclic amines) is 1. The van der Waals surface area contributed by atoms with Crippen molar-refractivity contribution in [2.24, 2.45) is 0 Å². The molecule has 0 radical (unpaired) electrons. The molecule has 0 amide bonds. The molecule has 0 aliphatic carbocycles. The number of phosphoric ester groups is 1. The first-order valence-corrected chi connectivity index (χ1v) is 18.9. The minimum Gasteiger partial charge on any atom is -0.457 e. The Bertz CT molecular complexity index is 759. The molecule has 9 nitrogen and oxygen atoms in total. The fraction of sp³-hybridized carbons (Fsp3) is 0.939. The van der Waals surface area contributed by atoms with Crippen LogP contribution in [0.3, 0.4) is 0 Å². The molecule has 1 N–H and O–H groups in total. The third kappa shape index (κ3) is 24.1. The molecule has 2 unspecified atom stereocenters. The number of hydrogen-bond acceptors (Lipinski definition) is 7. The van der Waals surface area contributed by atoms with Crippen LogP contribution in [0.4, 0.5) is 0 Å². The van der Waals surface area contributed by atoms with Crippen molar-refractivity contribution in [2.75, 3.05) is 53.1 Å². The predicted molar refractivity (Wildman–Crippen MR) is 172 cm³/mol. The maximum atomic E-state index is 12.4. The van der Waals surface area contributed by atoms with E-state index in [1.165, 1.54) is 110 Å². The summed E-state index contributed by atoms with van der Waals surface area (Å²) in [5.41, 5.74) is 0. The molecule has 1 aliphatic rings. The zero-order chi connectivity index (χ0) is 31.7. The normalized spacial score (nSPS) is 16.7. The van der Waals surface area contributed by atoms with Crippen molar-refractivity contribution in [1.82, 2.24) is 0 Å². The smallest absolute Gasteiger partial charge is 0.457 e. The van der Waals surface area contributed by atoms with Gasteiger partial charge in [0.2, 0.25) is 0 Å². The van der Waals surface area contributed by atoms with Gasteiger partial charge >= 0.3 is 13.8 Å². The average molecular weight is 635 g/mol. The third-order valence-electron chi connectivity index (χ3n) is 8.30. The van der Waals surface area contributed by atoms with Gasteiger partial charge in [0, 0.05) is 25.9 Å². The maximum Gasteiger partial charge on any atom is 0.472 e. The van der Waals surface area contributed by atoms with Gasteiger partial charge in [-0.3, -0.25) is 18.6 Å². The molecule has 0 aromatic heterocycles. The molecule has 1 aliphatic heterocycles. The largest absolute Gasteiger partial charge is 0.472 e. The van der Waals surface area contributed by atoms with Crippen LogP contribution in [0.2, 0.25) is 0 Å². The van der Waals surface area contributed by atoms with Gasteiger partial charge in [-0.1, -0.05) is 103 Å². The number of quaternary nitrogens is 1. The number of phosphoric acid groups is 1. The first-order chi connectivity index (χ1) is 20.7. The lowest BCUT2D eigenvalue weighted by atomic mass is 10.0. The number of esters is 1. The van der Waals surface area contributed by atoms with E-state index >= 15 is 0 Å². The molecular formula is C33H65NO8P+. The lowest BCUT2D eigenvalue weighted by molar-refractivity contribution is -0.897. The quantitative estimate of drug-likeness (QED) is 0.0279. The molecule has 254 valence electrons. The van der Waals surface area contributed by atoms with Crippen LogP contribution in [0.5, 0.6) is 0 Å². The Morgan fingerprint density at radius 2 is 1.26 bits per heavy atom. The second-order valence-corrected chi connectivity index (χ2v) is 14.3. The van der Waals surface area contributed by atoms with Crippen LogP contribution in [0, 0.1) is 0 Å². The van der Waals surface area contributed by atoms with Crippen molar-refractivity contribution in [1.29, 1.82) is 0 Å². The molecule has 1 rings (SSSR count). The van der Waals surface area contributed by atoms with Crippen LogP contribution in [-0.2, 0) is 32.7 Å². The van der Waals surface area contributed by atoms with Crippen LogP contribution in [0.1, 0.15) is 142 Å². The maximum absolute atomic E-state index is 12.4. The predicted octanol–water partition coefficient (Wildman–Crippen LogP) is 7.92. The SMILES string of the molecule is CCCCCCCCCCCCCCCCCCOCC(COP(=O)(O)OCCC[N+]1(C)CCCC1)OC(=O)CC(C)=O. The Labute approximate surface area is 263 Å². The van der Waals surface area contributed by atoms with Crippen molar-refractivity contribution >= 4 is 19.6 Å². The molecule has 0 aromatic rings. The zero-order valence-corrected chi connectivity index (χ0v) is 28.8. The highest BCUT2D eigenvalue weighted by atomic mass is 31.2. The number of ketones is 1. The van der Waals surface area contributed by atoms with Crippen LogP contribution < -0.4 is 0 Å². The van der Waals surface area contributed by atoms with Crippen molar-refractivity contribution in [2.45, 2.75) is 148 Å². The van der Waals surface area contributed by atoms with Gasteiger partial charge in [-0.2, -0.15) is 0 Å². The number of ether oxygens (including phenoxy) is 2. The fourth-order valence-corrected chi connectivity index (χ4v) is 6.47. The number of unbranched alkanes of at least 4 members (excludes halogenated alkanes) is 15. The van der Waals surface area contributed by atoms with Gasteiger partial charge < -0.3 is 18.9 Å². The highest BCUT2D eigenvalue weighted by Crippen LogP contribution is 2.43. The summed E-state index contributed by atoms with van der Waals surface area (Å²) in [6.07, 6.45) is 22.6. The summed E-state index contributed by atoms with van der Waals surface area (Å²) in [6.45, 7) is 7.01. The van der Waals surface area contributed by atoms with Crippen LogP contribution in [0.25, 0.3) is 0 Å². The van der Waals surface area contributed by atoms with Gasteiger partial charge in [-0.15, -0.1) is 0 Å².